The molecule has 3 heterocycles. The summed E-state index contributed by atoms with van der Waals surface area (Å²) in [6.45, 7) is 5.48. The van der Waals surface area contributed by atoms with Crippen molar-refractivity contribution in [1.29, 1.82) is 0 Å². The number of hydrogen-bond donors (Lipinski definition) is 2. The van der Waals surface area contributed by atoms with Crippen LogP contribution in [-0.2, 0) is 13.0 Å². The van der Waals surface area contributed by atoms with E-state index >= 15 is 0 Å². The van der Waals surface area contributed by atoms with E-state index in [2.05, 4.69) is 47.5 Å². The van der Waals surface area contributed by atoms with Crippen molar-refractivity contribution in [2.75, 3.05) is 29.9 Å². The number of aryl methyl sites for hydroxylation is 2. The Morgan fingerprint density at radius 2 is 2.08 bits per heavy atom. The first-order chi connectivity index (χ1) is 12.7. The number of anilines is 2. The van der Waals surface area contributed by atoms with Gasteiger partial charge in [0.25, 0.3) is 0 Å². The molecule has 136 valence electrons. The zero-order valence-corrected chi connectivity index (χ0v) is 16.0. The number of nitrogens with one attached hydrogen (secondary N) is 1. The second-order valence-corrected chi connectivity index (χ2v) is 8.06. The smallest absolute Gasteiger partial charge is 0.228 e. The lowest BCUT2D eigenvalue weighted by atomic mass is 10.0. The number of hydrogen-bond acceptors (Lipinski definition) is 6. The van der Waals surface area contributed by atoms with Gasteiger partial charge < -0.3 is 16.0 Å². The van der Waals surface area contributed by atoms with E-state index in [1.807, 2.05) is 0 Å². The maximum atomic E-state index is 5.64. The number of aromatic nitrogens is 2. The Morgan fingerprint density at radius 3 is 2.92 bits per heavy atom. The van der Waals surface area contributed by atoms with Gasteiger partial charge in [-0.05, 0) is 49.9 Å². The molecule has 0 saturated carbocycles. The molecule has 0 amide bonds. The monoisotopic (exact) mass is 367 g/mol. The summed E-state index contributed by atoms with van der Waals surface area (Å²) in [5, 5.41) is 3.47. The van der Waals surface area contributed by atoms with Crippen molar-refractivity contribution in [2.24, 2.45) is 5.73 Å². The highest BCUT2D eigenvalue weighted by atomic mass is 32.1. The summed E-state index contributed by atoms with van der Waals surface area (Å²) >= 11 is 1.75. The number of thiophene rings is 1. The zero-order chi connectivity index (χ0) is 17.9. The van der Waals surface area contributed by atoms with E-state index < -0.39 is 0 Å². The number of rotatable bonds is 5. The molecule has 3 N–H and O–H groups in total. The van der Waals surface area contributed by atoms with Crippen LogP contribution in [0, 0.1) is 6.92 Å². The van der Waals surface area contributed by atoms with Crippen molar-refractivity contribution in [3.8, 4) is 0 Å². The van der Waals surface area contributed by atoms with E-state index in [-0.39, 0.29) is 0 Å². The summed E-state index contributed by atoms with van der Waals surface area (Å²) in [6.07, 6.45) is 3.17. The lowest BCUT2D eigenvalue weighted by Crippen LogP contribution is -2.25. The predicted octanol–water partition coefficient (Wildman–Crippen LogP) is 3.71. The average molecular weight is 368 g/mol. The van der Waals surface area contributed by atoms with Crippen LogP contribution in [0.1, 0.15) is 28.8 Å². The molecule has 1 aliphatic heterocycles. The van der Waals surface area contributed by atoms with Gasteiger partial charge in [-0.25, -0.2) is 4.98 Å². The van der Waals surface area contributed by atoms with Crippen LogP contribution in [0.4, 0.5) is 11.8 Å². The minimum absolute atomic E-state index is 0.681. The van der Waals surface area contributed by atoms with Crippen LogP contribution in [0.5, 0.6) is 0 Å². The third-order valence-corrected chi connectivity index (χ3v) is 5.84. The van der Waals surface area contributed by atoms with Gasteiger partial charge in [0.1, 0.15) is 5.82 Å². The summed E-state index contributed by atoms with van der Waals surface area (Å²) in [5.41, 5.74) is 9.50. The number of nitrogens with zero attached hydrogens (tertiary/aromatic N) is 3. The molecule has 0 spiro atoms. The molecule has 5 nitrogen and oxygen atoms in total. The van der Waals surface area contributed by atoms with Gasteiger partial charge in [0.05, 0.1) is 10.2 Å². The molecule has 1 aliphatic rings. The average Bonchev–Trinajstić information content (AvgIpc) is 2.89. The van der Waals surface area contributed by atoms with Gasteiger partial charge in [-0.2, -0.15) is 4.98 Å². The quantitative estimate of drug-likeness (QED) is 0.673. The highest BCUT2D eigenvalue weighted by Crippen LogP contribution is 2.32. The molecule has 26 heavy (non-hydrogen) atoms. The predicted molar refractivity (Wildman–Crippen MR) is 110 cm³/mol. The van der Waals surface area contributed by atoms with Crippen LogP contribution >= 0.6 is 11.3 Å². The molecule has 0 atom stereocenters. The van der Waals surface area contributed by atoms with Gasteiger partial charge in [-0.3, -0.25) is 0 Å². The topological polar surface area (TPSA) is 67.1 Å². The molecule has 2 aromatic heterocycles. The van der Waals surface area contributed by atoms with Crippen molar-refractivity contribution in [2.45, 2.75) is 32.7 Å². The van der Waals surface area contributed by atoms with Crippen LogP contribution < -0.4 is 16.0 Å². The van der Waals surface area contributed by atoms with Crippen molar-refractivity contribution in [1.82, 2.24) is 9.97 Å². The van der Waals surface area contributed by atoms with Gasteiger partial charge >= 0.3 is 0 Å². The number of fused-ring (bicyclic) bond motifs is 2. The zero-order valence-electron chi connectivity index (χ0n) is 15.2. The van der Waals surface area contributed by atoms with Crippen molar-refractivity contribution < 1.29 is 0 Å². The van der Waals surface area contributed by atoms with E-state index in [0.717, 1.165) is 60.9 Å². The molecular weight excluding hydrogens is 342 g/mol. The van der Waals surface area contributed by atoms with Crippen molar-refractivity contribution >= 4 is 33.3 Å². The maximum absolute atomic E-state index is 5.64. The van der Waals surface area contributed by atoms with E-state index in [0.29, 0.717) is 6.54 Å². The largest absolute Gasteiger partial charge is 0.369 e. The van der Waals surface area contributed by atoms with Gasteiger partial charge in [0, 0.05) is 24.5 Å². The summed E-state index contributed by atoms with van der Waals surface area (Å²) in [5.74, 6) is 1.76. The summed E-state index contributed by atoms with van der Waals surface area (Å²) in [7, 11) is 0. The molecule has 6 heteroatoms. The van der Waals surface area contributed by atoms with Crippen LogP contribution in [0.2, 0.25) is 0 Å². The molecule has 0 radical (unpaired) electrons. The van der Waals surface area contributed by atoms with E-state index in [4.69, 9.17) is 15.7 Å². The summed E-state index contributed by atoms with van der Waals surface area (Å²) in [4.78, 5) is 13.4. The highest BCUT2D eigenvalue weighted by molar-refractivity contribution is 7.19. The second kappa shape index (κ2) is 7.60. The molecule has 0 aliphatic carbocycles. The SMILES string of the molecule is Cc1cc2nc(N3CCCc4ccccc4C3)nc(NCCCN)c2s1. The summed E-state index contributed by atoms with van der Waals surface area (Å²) in [6, 6.07) is 10.9. The maximum Gasteiger partial charge on any atom is 0.228 e. The van der Waals surface area contributed by atoms with Crippen LogP contribution in [0.3, 0.4) is 0 Å². The fraction of sp³-hybridized carbons (Fsp3) is 0.400. The summed E-state index contributed by atoms with van der Waals surface area (Å²) < 4.78 is 1.14. The Bertz CT molecular complexity index is 904. The van der Waals surface area contributed by atoms with Crippen LogP contribution in [0.15, 0.2) is 30.3 Å². The molecule has 0 unspecified atom stereocenters. The minimum atomic E-state index is 0.681. The van der Waals surface area contributed by atoms with Gasteiger partial charge in [-0.15, -0.1) is 11.3 Å². The highest BCUT2D eigenvalue weighted by Gasteiger charge is 2.19. The van der Waals surface area contributed by atoms with E-state index in [9.17, 15) is 0 Å². The molecule has 1 aromatic carbocycles. The van der Waals surface area contributed by atoms with E-state index in [1.54, 1.807) is 11.3 Å². The Balaban J connectivity index is 1.69. The van der Waals surface area contributed by atoms with Gasteiger partial charge in [0.2, 0.25) is 5.95 Å². The molecular formula is C20H25N5S. The minimum Gasteiger partial charge on any atom is -0.369 e. The number of nitrogens with two attached hydrogens (primary N) is 1. The Morgan fingerprint density at radius 1 is 1.23 bits per heavy atom. The lowest BCUT2D eigenvalue weighted by Gasteiger charge is -2.21. The van der Waals surface area contributed by atoms with Crippen molar-refractivity contribution in [3.05, 3.63) is 46.3 Å². The Hall–Kier alpha value is -2.18. The van der Waals surface area contributed by atoms with Gasteiger partial charge in [0.15, 0.2) is 0 Å². The molecule has 0 saturated heterocycles. The van der Waals surface area contributed by atoms with Crippen LogP contribution in [-0.4, -0.2) is 29.6 Å². The third-order valence-electron chi connectivity index (χ3n) is 4.79. The first-order valence-corrected chi connectivity index (χ1v) is 10.1. The van der Waals surface area contributed by atoms with Crippen LogP contribution in [0.25, 0.3) is 10.2 Å². The molecule has 0 fully saturated rings. The standard InChI is InChI=1S/C20H25N5S/c1-14-12-17-18(26-14)19(22-10-5-9-21)24-20(23-17)25-11-4-8-15-6-2-3-7-16(15)13-25/h2-3,6-7,12H,4-5,8-11,13,21H2,1H3,(H,22,23,24). The van der Waals surface area contributed by atoms with Crippen molar-refractivity contribution in [3.63, 3.8) is 0 Å². The first-order valence-electron chi connectivity index (χ1n) is 9.28. The second-order valence-electron chi connectivity index (χ2n) is 6.81. The molecule has 3 aromatic rings. The molecule has 0 bridgehead atoms. The number of benzene rings is 1. The van der Waals surface area contributed by atoms with Gasteiger partial charge in [-0.1, -0.05) is 24.3 Å². The molecule has 4 rings (SSSR count). The third kappa shape index (κ3) is 3.52. The first kappa shape index (κ1) is 17.2. The Kier molecular flexibility index (Phi) is 5.04. The fourth-order valence-corrected chi connectivity index (χ4v) is 4.39. The van der Waals surface area contributed by atoms with E-state index in [1.165, 1.54) is 16.0 Å². The lowest BCUT2D eigenvalue weighted by molar-refractivity contribution is 0.743. The normalized spacial score (nSPS) is 14.3. The Labute approximate surface area is 158 Å². The fourth-order valence-electron chi connectivity index (χ4n) is 3.48.